The number of aliphatic hydroxyl groups is 1. The fraction of sp³-hybridized carbons (Fsp3) is 0.667. The highest BCUT2D eigenvalue weighted by Crippen LogP contribution is 2.34. The summed E-state index contributed by atoms with van der Waals surface area (Å²) in [4.78, 5) is 11.0. The first-order chi connectivity index (χ1) is 12.0. The number of amides is 1. The molecule has 0 aliphatic heterocycles. The number of fused-ring (bicyclic) bond motifs is 1. The molecule has 4 nitrogen and oxygen atoms in total. The molecule has 1 aromatic carbocycles. The van der Waals surface area contributed by atoms with Crippen molar-refractivity contribution in [1.82, 2.24) is 10.6 Å². The first kappa shape index (κ1) is 19.9. The van der Waals surface area contributed by atoms with Gasteiger partial charge in [-0.1, -0.05) is 32.4 Å². The number of rotatable bonds is 9. The molecule has 1 aromatic rings. The highest BCUT2D eigenvalue weighted by Gasteiger charge is 2.23. The second kappa shape index (κ2) is 9.93. The van der Waals surface area contributed by atoms with E-state index in [0.29, 0.717) is 19.1 Å². The summed E-state index contributed by atoms with van der Waals surface area (Å²) in [5.74, 6) is -0.102. The highest BCUT2D eigenvalue weighted by atomic mass is 16.3. The molecule has 25 heavy (non-hydrogen) atoms. The van der Waals surface area contributed by atoms with E-state index in [-0.39, 0.29) is 5.91 Å². The van der Waals surface area contributed by atoms with E-state index in [1.165, 1.54) is 61.3 Å². The van der Waals surface area contributed by atoms with Gasteiger partial charge in [0.15, 0.2) is 0 Å². The molecule has 0 bridgehead atoms. The minimum atomic E-state index is -0.553. The molecule has 2 rings (SSSR count). The van der Waals surface area contributed by atoms with Crippen molar-refractivity contribution < 1.29 is 9.90 Å². The second-order valence-corrected chi connectivity index (χ2v) is 7.22. The Balaban J connectivity index is 2.09. The third-order valence-corrected chi connectivity index (χ3v) is 5.13. The van der Waals surface area contributed by atoms with E-state index in [9.17, 15) is 9.90 Å². The van der Waals surface area contributed by atoms with E-state index in [2.05, 4.69) is 36.6 Å². The van der Waals surface area contributed by atoms with E-state index in [1.807, 2.05) is 0 Å². The topological polar surface area (TPSA) is 61.4 Å². The predicted octanol–water partition coefficient (Wildman–Crippen LogP) is 3.06. The lowest BCUT2D eigenvalue weighted by Crippen LogP contribution is -2.39. The lowest BCUT2D eigenvalue weighted by Gasteiger charge is -2.30. The Kier molecular flexibility index (Phi) is 7.91. The normalized spacial score (nSPS) is 17.8. The summed E-state index contributed by atoms with van der Waals surface area (Å²) in [5, 5.41) is 16.3. The SMILES string of the molecule is CCCCc1cc(CC)cc2c1CCC[C@@H]2NC[C@@H](O)CNC(C)=O. The number of hydrogen-bond donors (Lipinski definition) is 3. The number of benzene rings is 1. The Morgan fingerprint density at radius 1 is 1.32 bits per heavy atom. The van der Waals surface area contributed by atoms with Gasteiger partial charge in [0.05, 0.1) is 6.10 Å². The average molecular weight is 347 g/mol. The van der Waals surface area contributed by atoms with Crippen LogP contribution in [0, 0.1) is 0 Å². The average Bonchev–Trinajstić information content (AvgIpc) is 2.62. The molecular formula is C21H34N2O2. The Hall–Kier alpha value is -1.39. The number of hydrogen-bond acceptors (Lipinski definition) is 3. The molecule has 1 aliphatic rings. The quantitative estimate of drug-likeness (QED) is 0.644. The van der Waals surface area contributed by atoms with E-state index < -0.39 is 6.10 Å². The van der Waals surface area contributed by atoms with Gasteiger partial charge in [-0.05, 0) is 60.8 Å². The zero-order valence-corrected chi connectivity index (χ0v) is 16.0. The zero-order valence-electron chi connectivity index (χ0n) is 16.0. The predicted molar refractivity (Wildman–Crippen MR) is 103 cm³/mol. The first-order valence-corrected chi connectivity index (χ1v) is 9.85. The number of carbonyl (C=O) groups is 1. The number of carbonyl (C=O) groups excluding carboxylic acids is 1. The van der Waals surface area contributed by atoms with Crippen molar-refractivity contribution in [2.45, 2.75) is 77.9 Å². The van der Waals surface area contributed by atoms with Gasteiger partial charge >= 0.3 is 0 Å². The molecule has 2 atom stereocenters. The highest BCUT2D eigenvalue weighted by molar-refractivity contribution is 5.72. The minimum absolute atomic E-state index is 0.102. The molecule has 0 radical (unpaired) electrons. The van der Waals surface area contributed by atoms with E-state index in [1.54, 1.807) is 0 Å². The number of unbranched alkanes of at least 4 members (excludes halogenated alkanes) is 1. The summed E-state index contributed by atoms with van der Waals surface area (Å²) in [6.45, 7) is 6.75. The summed E-state index contributed by atoms with van der Waals surface area (Å²) < 4.78 is 0. The van der Waals surface area contributed by atoms with Gasteiger partial charge in [-0.3, -0.25) is 4.79 Å². The summed E-state index contributed by atoms with van der Waals surface area (Å²) in [6.07, 6.45) is 7.62. The lowest BCUT2D eigenvalue weighted by atomic mass is 9.82. The van der Waals surface area contributed by atoms with Crippen molar-refractivity contribution in [2.24, 2.45) is 0 Å². The maximum absolute atomic E-state index is 11.0. The molecular weight excluding hydrogens is 312 g/mol. The van der Waals surface area contributed by atoms with Crippen LogP contribution in [-0.4, -0.2) is 30.2 Å². The van der Waals surface area contributed by atoms with Crippen LogP contribution in [0.4, 0.5) is 0 Å². The van der Waals surface area contributed by atoms with Gasteiger partial charge in [-0.15, -0.1) is 0 Å². The Morgan fingerprint density at radius 3 is 2.80 bits per heavy atom. The molecule has 0 unspecified atom stereocenters. The summed E-state index contributed by atoms with van der Waals surface area (Å²) in [5.41, 5.74) is 5.91. The third kappa shape index (κ3) is 5.82. The molecule has 0 saturated carbocycles. The largest absolute Gasteiger partial charge is 0.390 e. The van der Waals surface area contributed by atoms with Crippen LogP contribution in [0.3, 0.4) is 0 Å². The van der Waals surface area contributed by atoms with Crippen LogP contribution in [-0.2, 0) is 24.1 Å². The van der Waals surface area contributed by atoms with Crippen molar-refractivity contribution in [3.63, 3.8) is 0 Å². The van der Waals surface area contributed by atoms with Gasteiger partial charge in [-0.2, -0.15) is 0 Å². The molecule has 1 aliphatic carbocycles. The molecule has 0 aromatic heterocycles. The lowest BCUT2D eigenvalue weighted by molar-refractivity contribution is -0.119. The van der Waals surface area contributed by atoms with Crippen LogP contribution in [0.25, 0.3) is 0 Å². The summed E-state index contributed by atoms with van der Waals surface area (Å²) >= 11 is 0. The second-order valence-electron chi connectivity index (χ2n) is 7.22. The van der Waals surface area contributed by atoms with Crippen LogP contribution in [0.5, 0.6) is 0 Å². The molecule has 4 heteroatoms. The van der Waals surface area contributed by atoms with Gasteiger partial charge in [-0.25, -0.2) is 0 Å². The maximum atomic E-state index is 11.0. The summed E-state index contributed by atoms with van der Waals surface area (Å²) in [6, 6.07) is 5.08. The maximum Gasteiger partial charge on any atom is 0.216 e. The minimum Gasteiger partial charge on any atom is -0.390 e. The Bertz CT molecular complexity index is 571. The van der Waals surface area contributed by atoms with E-state index >= 15 is 0 Å². The molecule has 3 N–H and O–H groups in total. The third-order valence-electron chi connectivity index (χ3n) is 5.13. The van der Waals surface area contributed by atoms with Crippen molar-refractivity contribution in [3.05, 3.63) is 34.4 Å². The van der Waals surface area contributed by atoms with Crippen LogP contribution < -0.4 is 10.6 Å². The van der Waals surface area contributed by atoms with Gasteiger partial charge in [0.25, 0.3) is 0 Å². The monoisotopic (exact) mass is 346 g/mol. The molecule has 1 amide bonds. The fourth-order valence-electron chi connectivity index (χ4n) is 3.70. The Labute approximate surface area is 152 Å². The molecule has 0 heterocycles. The van der Waals surface area contributed by atoms with Gasteiger partial charge in [0.1, 0.15) is 0 Å². The smallest absolute Gasteiger partial charge is 0.216 e. The van der Waals surface area contributed by atoms with Gasteiger partial charge in [0, 0.05) is 26.1 Å². The first-order valence-electron chi connectivity index (χ1n) is 9.85. The van der Waals surface area contributed by atoms with Crippen molar-refractivity contribution in [1.29, 1.82) is 0 Å². The molecule has 140 valence electrons. The number of nitrogens with one attached hydrogen (secondary N) is 2. The van der Waals surface area contributed by atoms with Crippen molar-refractivity contribution in [3.8, 4) is 0 Å². The van der Waals surface area contributed by atoms with E-state index in [4.69, 9.17) is 0 Å². The van der Waals surface area contributed by atoms with E-state index in [0.717, 1.165) is 12.8 Å². The zero-order chi connectivity index (χ0) is 18.2. The molecule has 0 fully saturated rings. The standard InChI is InChI=1S/C21H34N2O2/c1-4-6-8-17-11-16(5-2)12-20-19(17)9-7-10-21(20)23-14-18(25)13-22-15(3)24/h11-12,18,21,23,25H,4-10,13-14H2,1-3H3,(H,22,24)/t18-,21-/m0/s1. The Morgan fingerprint density at radius 2 is 2.12 bits per heavy atom. The molecule has 0 saturated heterocycles. The van der Waals surface area contributed by atoms with Crippen LogP contribution in [0.1, 0.15) is 74.8 Å². The molecule has 0 spiro atoms. The van der Waals surface area contributed by atoms with Crippen molar-refractivity contribution in [2.75, 3.05) is 13.1 Å². The van der Waals surface area contributed by atoms with Gasteiger partial charge < -0.3 is 15.7 Å². The van der Waals surface area contributed by atoms with Crippen LogP contribution in [0.2, 0.25) is 0 Å². The van der Waals surface area contributed by atoms with Crippen LogP contribution >= 0.6 is 0 Å². The number of aryl methyl sites for hydroxylation is 2. The van der Waals surface area contributed by atoms with Crippen molar-refractivity contribution >= 4 is 5.91 Å². The van der Waals surface area contributed by atoms with Gasteiger partial charge in [0.2, 0.25) is 5.91 Å². The number of aliphatic hydroxyl groups excluding tert-OH is 1. The summed E-state index contributed by atoms with van der Waals surface area (Å²) in [7, 11) is 0. The fourth-order valence-corrected chi connectivity index (χ4v) is 3.70. The van der Waals surface area contributed by atoms with Crippen LogP contribution in [0.15, 0.2) is 12.1 Å².